The lowest BCUT2D eigenvalue weighted by Crippen LogP contribution is -2.43. The highest BCUT2D eigenvalue weighted by atomic mass is 32.2. The van der Waals surface area contributed by atoms with Crippen LogP contribution in [0.5, 0.6) is 0 Å². The van der Waals surface area contributed by atoms with Crippen LogP contribution in [0.3, 0.4) is 0 Å². The van der Waals surface area contributed by atoms with Crippen molar-refractivity contribution in [2.45, 2.75) is 29.9 Å². The highest BCUT2D eigenvalue weighted by Gasteiger charge is 2.42. The monoisotopic (exact) mass is 281 g/mol. The Bertz CT molecular complexity index is 543. The summed E-state index contributed by atoms with van der Waals surface area (Å²) >= 11 is 0. The number of aliphatic hydroxyl groups is 2. The molecule has 1 aliphatic rings. The maximum absolute atomic E-state index is 12.4. The van der Waals surface area contributed by atoms with E-state index in [0.29, 0.717) is 17.9 Å². The van der Waals surface area contributed by atoms with Gasteiger partial charge in [0.2, 0.25) is 0 Å². The first-order valence-corrected chi connectivity index (χ1v) is 7.01. The van der Waals surface area contributed by atoms with Crippen LogP contribution in [-0.2, 0) is 11.0 Å². The van der Waals surface area contributed by atoms with Gasteiger partial charge in [0, 0.05) is 19.3 Å². The predicted octanol–water partition coefficient (Wildman–Crippen LogP) is -0.207. The summed E-state index contributed by atoms with van der Waals surface area (Å²) < 4.78 is 13.9. The van der Waals surface area contributed by atoms with Gasteiger partial charge in [0.05, 0.1) is 11.0 Å². The molecular weight excluding hydrogens is 266 g/mol. The van der Waals surface area contributed by atoms with E-state index in [1.54, 1.807) is 16.4 Å². The second-order valence-corrected chi connectivity index (χ2v) is 6.06. The van der Waals surface area contributed by atoms with Crippen molar-refractivity contribution in [3.63, 3.8) is 0 Å². The Labute approximate surface area is 113 Å². The Balaban J connectivity index is 2.21. The molecule has 1 aliphatic heterocycles. The molecule has 2 rings (SSSR count). The largest absolute Gasteiger partial charge is 0.390 e. The van der Waals surface area contributed by atoms with E-state index in [2.05, 4.69) is 4.98 Å². The SMILES string of the molecule is CC(O)C1(O)CCN(S(=O)c2cccnc2C#N)C1. The second-order valence-electron chi connectivity index (χ2n) is 4.60. The molecule has 2 N–H and O–H groups in total. The van der Waals surface area contributed by atoms with Crippen molar-refractivity contribution in [2.24, 2.45) is 0 Å². The van der Waals surface area contributed by atoms with Gasteiger partial charge in [-0.1, -0.05) is 0 Å². The Morgan fingerprint density at radius 1 is 1.68 bits per heavy atom. The van der Waals surface area contributed by atoms with Crippen LogP contribution in [0.2, 0.25) is 0 Å². The zero-order valence-electron chi connectivity index (χ0n) is 10.5. The van der Waals surface area contributed by atoms with Crippen LogP contribution in [0, 0.1) is 11.3 Å². The quantitative estimate of drug-likeness (QED) is 0.799. The fourth-order valence-electron chi connectivity index (χ4n) is 2.02. The van der Waals surface area contributed by atoms with Crippen molar-refractivity contribution in [1.29, 1.82) is 5.26 Å². The molecule has 1 aromatic rings. The Kier molecular flexibility index (Phi) is 3.96. The molecule has 1 saturated heterocycles. The maximum atomic E-state index is 12.4. The van der Waals surface area contributed by atoms with Crippen molar-refractivity contribution in [2.75, 3.05) is 13.1 Å². The summed E-state index contributed by atoms with van der Waals surface area (Å²) in [5, 5.41) is 28.6. The van der Waals surface area contributed by atoms with E-state index < -0.39 is 22.7 Å². The summed E-state index contributed by atoms with van der Waals surface area (Å²) in [6.07, 6.45) is 0.923. The molecule has 0 amide bonds. The van der Waals surface area contributed by atoms with E-state index >= 15 is 0 Å². The van der Waals surface area contributed by atoms with E-state index in [4.69, 9.17) is 5.26 Å². The minimum Gasteiger partial charge on any atom is -0.390 e. The van der Waals surface area contributed by atoms with E-state index in [1.807, 2.05) is 6.07 Å². The molecule has 0 spiro atoms. The highest BCUT2D eigenvalue weighted by Crippen LogP contribution is 2.28. The van der Waals surface area contributed by atoms with Gasteiger partial charge in [-0.25, -0.2) is 13.5 Å². The van der Waals surface area contributed by atoms with Gasteiger partial charge in [-0.05, 0) is 25.5 Å². The van der Waals surface area contributed by atoms with Crippen LogP contribution in [0.1, 0.15) is 19.0 Å². The van der Waals surface area contributed by atoms with Crippen LogP contribution in [0.4, 0.5) is 0 Å². The van der Waals surface area contributed by atoms with E-state index in [-0.39, 0.29) is 12.2 Å². The third-order valence-electron chi connectivity index (χ3n) is 3.32. The average molecular weight is 281 g/mol. The lowest BCUT2D eigenvalue weighted by atomic mass is 9.97. The van der Waals surface area contributed by atoms with Gasteiger partial charge < -0.3 is 10.2 Å². The molecule has 0 radical (unpaired) electrons. The lowest BCUT2D eigenvalue weighted by molar-refractivity contribution is -0.0534. The summed E-state index contributed by atoms with van der Waals surface area (Å²) in [5.74, 6) is 0. The van der Waals surface area contributed by atoms with E-state index in [9.17, 15) is 14.4 Å². The molecule has 2 heterocycles. The van der Waals surface area contributed by atoms with Gasteiger partial charge in [0.1, 0.15) is 22.7 Å². The maximum Gasteiger partial charge on any atom is 0.157 e. The number of pyridine rings is 1. The first kappa shape index (κ1) is 14.1. The highest BCUT2D eigenvalue weighted by molar-refractivity contribution is 7.82. The van der Waals surface area contributed by atoms with Crippen molar-refractivity contribution in [3.8, 4) is 6.07 Å². The third-order valence-corrected chi connectivity index (χ3v) is 4.81. The molecule has 7 heteroatoms. The summed E-state index contributed by atoms with van der Waals surface area (Å²) in [6, 6.07) is 5.10. The average Bonchev–Trinajstić information content (AvgIpc) is 2.82. The van der Waals surface area contributed by atoms with Gasteiger partial charge in [-0.15, -0.1) is 0 Å². The van der Waals surface area contributed by atoms with Gasteiger partial charge in [0.25, 0.3) is 0 Å². The number of rotatable bonds is 3. The number of aliphatic hydroxyl groups excluding tert-OH is 1. The van der Waals surface area contributed by atoms with Crippen LogP contribution >= 0.6 is 0 Å². The first-order chi connectivity index (χ1) is 8.98. The molecule has 3 unspecified atom stereocenters. The fourth-order valence-corrected chi connectivity index (χ4v) is 3.35. The molecule has 0 bridgehead atoms. The van der Waals surface area contributed by atoms with Gasteiger partial charge >= 0.3 is 0 Å². The molecule has 102 valence electrons. The Hall–Kier alpha value is -1.33. The first-order valence-electron chi connectivity index (χ1n) is 5.90. The zero-order valence-corrected chi connectivity index (χ0v) is 11.3. The van der Waals surface area contributed by atoms with Crippen molar-refractivity contribution >= 4 is 11.0 Å². The zero-order chi connectivity index (χ0) is 14.0. The van der Waals surface area contributed by atoms with Crippen LogP contribution in [-0.4, -0.2) is 48.5 Å². The number of nitrogens with zero attached hydrogens (tertiary/aromatic N) is 3. The molecule has 0 aromatic carbocycles. The van der Waals surface area contributed by atoms with Crippen LogP contribution in [0.15, 0.2) is 23.2 Å². The molecule has 3 atom stereocenters. The molecular formula is C12H15N3O3S. The molecule has 1 aromatic heterocycles. The van der Waals surface area contributed by atoms with Gasteiger partial charge in [-0.2, -0.15) is 5.26 Å². The van der Waals surface area contributed by atoms with E-state index in [1.165, 1.54) is 13.1 Å². The molecule has 1 fully saturated rings. The second kappa shape index (κ2) is 5.35. The van der Waals surface area contributed by atoms with Crippen molar-refractivity contribution in [1.82, 2.24) is 9.29 Å². The molecule has 0 aliphatic carbocycles. The predicted molar refractivity (Wildman–Crippen MR) is 68.2 cm³/mol. The van der Waals surface area contributed by atoms with E-state index in [0.717, 1.165) is 0 Å². The molecule has 0 saturated carbocycles. The lowest BCUT2D eigenvalue weighted by Gasteiger charge is -2.25. The van der Waals surface area contributed by atoms with Crippen molar-refractivity contribution in [3.05, 3.63) is 24.0 Å². The molecule has 19 heavy (non-hydrogen) atoms. The molecule has 6 nitrogen and oxygen atoms in total. The van der Waals surface area contributed by atoms with Crippen LogP contribution in [0.25, 0.3) is 0 Å². The van der Waals surface area contributed by atoms with Crippen LogP contribution < -0.4 is 0 Å². The number of hydrogen-bond donors (Lipinski definition) is 2. The van der Waals surface area contributed by atoms with Crippen molar-refractivity contribution < 1.29 is 14.4 Å². The minimum absolute atomic E-state index is 0.108. The standard InChI is InChI=1S/C12H15N3O3S/c1-9(16)12(17)4-6-15(8-12)19(18)11-3-2-5-14-10(11)7-13/h2-3,5,9,16-17H,4,6,8H2,1H3. The number of nitriles is 1. The van der Waals surface area contributed by atoms with Gasteiger partial charge in [0.15, 0.2) is 5.69 Å². The smallest absolute Gasteiger partial charge is 0.157 e. The number of β-amino-alcohol motifs (C(OH)–C–C–N with tert-alkyl or cyclic N) is 1. The fraction of sp³-hybridized carbons (Fsp3) is 0.500. The normalized spacial score (nSPS) is 26.8. The summed E-state index contributed by atoms with van der Waals surface area (Å²) in [4.78, 5) is 4.20. The summed E-state index contributed by atoms with van der Waals surface area (Å²) in [6.45, 7) is 2.02. The number of hydrogen-bond acceptors (Lipinski definition) is 5. The third kappa shape index (κ3) is 2.67. The minimum atomic E-state index is -1.56. The van der Waals surface area contributed by atoms with Gasteiger partial charge in [-0.3, -0.25) is 0 Å². The summed E-state index contributed by atoms with van der Waals surface area (Å²) in [7, 11) is -1.56. The Morgan fingerprint density at radius 3 is 3.00 bits per heavy atom. The number of aromatic nitrogens is 1. The Morgan fingerprint density at radius 2 is 2.42 bits per heavy atom. The topological polar surface area (TPSA) is 97.4 Å². The summed E-state index contributed by atoms with van der Waals surface area (Å²) in [5.41, 5.74) is -1.13.